The third-order valence-electron chi connectivity index (χ3n) is 4.65. The van der Waals surface area contributed by atoms with Crippen molar-refractivity contribution >= 4 is 40.7 Å². The third kappa shape index (κ3) is 6.32. The van der Waals surface area contributed by atoms with Crippen molar-refractivity contribution in [2.75, 3.05) is 5.32 Å². The van der Waals surface area contributed by atoms with E-state index in [1.807, 2.05) is 80.9 Å². The number of aryl methyl sites for hydroxylation is 1. The fourth-order valence-electron chi connectivity index (χ4n) is 2.68. The second-order valence-electron chi connectivity index (χ2n) is 7.12. The topological polar surface area (TPSA) is 84.2 Å². The smallest absolute Gasteiger partial charge is 0.253 e. The number of aromatic nitrogens is 3. The fourth-order valence-corrected chi connectivity index (χ4v) is 3.70. The minimum absolute atomic E-state index is 0.196. The highest BCUT2D eigenvalue weighted by atomic mass is 35.5. The number of anilines is 1. The van der Waals surface area contributed by atoms with Gasteiger partial charge in [-0.15, -0.1) is 10.2 Å². The molecule has 0 aliphatic rings. The molecule has 3 rings (SSSR count). The zero-order valence-electron chi connectivity index (χ0n) is 17.9. The Morgan fingerprint density at radius 3 is 2.68 bits per heavy atom. The van der Waals surface area contributed by atoms with Crippen LogP contribution >= 0.6 is 23.4 Å². The van der Waals surface area contributed by atoms with Crippen LogP contribution in [0.4, 0.5) is 5.69 Å². The normalized spacial score (nSPS) is 12.5. The second kappa shape index (κ2) is 10.5. The van der Waals surface area contributed by atoms with Gasteiger partial charge in [0.2, 0.25) is 0 Å². The lowest BCUT2D eigenvalue weighted by Crippen LogP contribution is -2.28. The molecule has 1 heterocycles. The van der Waals surface area contributed by atoms with Crippen LogP contribution in [0.3, 0.4) is 0 Å². The van der Waals surface area contributed by atoms with Crippen LogP contribution in [0.5, 0.6) is 0 Å². The van der Waals surface area contributed by atoms with Crippen LogP contribution in [0.25, 0.3) is 0 Å². The maximum atomic E-state index is 12.5. The molecule has 1 atom stereocenters. The van der Waals surface area contributed by atoms with Gasteiger partial charge in [-0.3, -0.25) is 4.79 Å². The van der Waals surface area contributed by atoms with E-state index >= 15 is 0 Å². The van der Waals surface area contributed by atoms with Gasteiger partial charge in [-0.25, -0.2) is 5.43 Å². The zero-order chi connectivity index (χ0) is 22.4. The Kier molecular flexibility index (Phi) is 7.70. The van der Waals surface area contributed by atoms with Crippen LogP contribution in [0, 0.1) is 6.92 Å². The van der Waals surface area contributed by atoms with Gasteiger partial charge in [0, 0.05) is 17.8 Å². The standard InChI is InChI=1S/C22H25ClN6OS/c1-14-8-10-17(11-9-14)15(2)25-27-21(30)16(3)31-22-28-26-20(29(22)4)13-24-19-7-5-6-18(23)12-19/h5-12,16,24H,13H2,1-4H3,(H,27,30)/b25-15-/t16-/m0/s1. The first-order valence-electron chi connectivity index (χ1n) is 9.79. The Labute approximate surface area is 191 Å². The maximum Gasteiger partial charge on any atom is 0.253 e. The van der Waals surface area contributed by atoms with Crippen molar-refractivity contribution in [1.82, 2.24) is 20.2 Å². The molecule has 0 radical (unpaired) electrons. The summed E-state index contributed by atoms with van der Waals surface area (Å²) in [5, 5.41) is 16.9. The molecule has 0 bridgehead atoms. The molecule has 3 aromatic rings. The number of amides is 1. The van der Waals surface area contributed by atoms with Crippen LogP contribution in [0.2, 0.25) is 5.02 Å². The highest BCUT2D eigenvalue weighted by molar-refractivity contribution is 8.00. The molecule has 0 unspecified atom stereocenters. The Morgan fingerprint density at radius 1 is 1.23 bits per heavy atom. The van der Waals surface area contributed by atoms with Gasteiger partial charge in [-0.05, 0) is 44.5 Å². The molecule has 0 fully saturated rings. The van der Waals surface area contributed by atoms with Crippen molar-refractivity contribution in [1.29, 1.82) is 0 Å². The summed E-state index contributed by atoms with van der Waals surface area (Å²) < 4.78 is 1.87. The number of hydrogen-bond donors (Lipinski definition) is 2. The van der Waals surface area contributed by atoms with Crippen LogP contribution in [-0.4, -0.2) is 31.6 Å². The zero-order valence-corrected chi connectivity index (χ0v) is 19.5. The molecule has 2 aromatic carbocycles. The summed E-state index contributed by atoms with van der Waals surface area (Å²) in [5.41, 5.74) is 6.44. The quantitative estimate of drug-likeness (QED) is 0.298. The molecule has 9 heteroatoms. The highest BCUT2D eigenvalue weighted by Gasteiger charge is 2.18. The summed E-state index contributed by atoms with van der Waals surface area (Å²) in [5.74, 6) is 0.557. The molecule has 0 spiro atoms. The predicted octanol–water partition coefficient (Wildman–Crippen LogP) is 4.41. The van der Waals surface area contributed by atoms with E-state index in [2.05, 4.69) is 26.0 Å². The van der Waals surface area contributed by atoms with Gasteiger partial charge in [0.05, 0.1) is 17.5 Å². The Morgan fingerprint density at radius 2 is 1.97 bits per heavy atom. The molecule has 2 N–H and O–H groups in total. The maximum absolute atomic E-state index is 12.5. The molecule has 31 heavy (non-hydrogen) atoms. The van der Waals surface area contributed by atoms with Gasteiger partial charge in [0.1, 0.15) is 0 Å². The lowest BCUT2D eigenvalue weighted by molar-refractivity contribution is -0.120. The summed E-state index contributed by atoms with van der Waals surface area (Å²) in [4.78, 5) is 12.5. The molecule has 162 valence electrons. The monoisotopic (exact) mass is 456 g/mol. The van der Waals surface area contributed by atoms with E-state index in [-0.39, 0.29) is 11.2 Å². The molecule has 7 nitrogen and oxygen atoms in total. The number of carbonyl (C=O) groups excluding carboxylic acids is 1. The van der Waals surface area contributed by atoms with Gasteiger partial charge in [-0.1, -0.05) is 59.3 Å². The number of rotatable bonds is 8. The summed E-state index contributed by atoms with van der Waals surface area (Å²) in [7, 11) is 1.88. The first-order chi connectivity index (χ1) is 14.8. The average molecular weight is 457 g/mol. The molecule has 1 amide bonds. The predicted molar refractivity (Wildman–Crippen MR) is 127 cm³/mol. The van der Waals surface area contributed by atoms with Crippen LogP contribution in [0.1, 0.15) is 30.8 Å². The van der Waals surface area contributed by atoms with Crippen molar-refractivity contribution < 1.29 is 4.79 Å². The Balaban J connectivity index is 1.56. The minimum Gasteiger partial charge on any atom is -0.378 e. The number of halogens is 1. The summed E-state index contributed by atoms with van der Waals surface area (Å²) >= 11 is 7.34. The minimum atomic E-state index is -0.383. The fraction of sp³-hybridized carbons (Fsp3) is 0.273. The Hall–Kier alpha value is -2.84. The SMILES string of the molecule is C/C(=N/NC(=O)[C@H](C)Sc1nnc(CNc2cccc(Cl)c2)n1C)c1ccc(C)cc1. The number of nitrogens with one attached hydrogen (secondary N) is 2. The van der Waals surface area contributed by atoms with Crippen molar-refractivity contribution in [2.24, 2.45) is 12.1 Å². The van der Waals surface area contributed by atoms with Crippen LogP contribution < -0.4 is 10.7 Å². The van der Waals surface area contributed by atoms with E-state index in [0.717, 1.165) is 22.8 Å². The molecule has 0 saturated heterocycles. The van der Waals surface area contributed by atoms with Crippen LogP contribution in [0.15, 0.2) is 58.8 Å². The van der Waals surface area contributed by atoms with E-state index in [9.17, 15) is 4.79 Å². The molecule has 0 aliphatic heterocycles. The molecule has 0 aliphatic carbocycles. The number of nitrogens with zero attached hydrogens (tertiary/aromatic N) is 4. The lowest BCUT2D eigenvalue weighted by atomic mass is 10.1. The molecule has 1 aromatic heterocycles. The van der Waals surface area contributed by atoms with Crippen molar-refractivity contribution in [2.45, 2.75) is 37.7 Å². The van der Waals surface area contributed by atoms with E-state index in [1.54, 1.807) is 0 Å². The van der Waals surface area contributed by atoms with E-state index in [0.29, 0.717) is 16.7 Å². The van der Waals surface area contributed by atoms with Crippen molar-refractivity contribution in [3.63, 3.8) is 0 Å². The number of carbonyl (C=O) groups is 1. The number of benzene rings is 2. The van der Waals surface area contributed by atoms with Gasteiger partial charge in [-0.2, -0.15) is 5.10 Å². The van der Waals surface area contributed by atoms with E-state index in [4.69, 9.17) is 11.6 Å². The van der Waals surface area contributed by atoms with Crippen LogP contribution in [-0.2, 0) is 18.4 Å². The molecule has 0 saturated carbocycles. The number of hydrogen-bond acceptors (Lipinski definition) is 6. The molecular formula is C22H25ClN6OS. The van der Waals surface area contributed by atoms with Gasteiger partial charge in [0.25, 0.3) is 5.91 Å². The second-order valence-corrected chi connectivity index (χ2v) is 8.87. The summed E-state index contributed by atoms with van der Waals surface area (Å²) in [6.45, 7) is 6.20. The molecular weight excluding hydrogens is 432 g/mol. The van der Waals surface area contributed by atoms with E-state index < -0.39 is 0 Å². The van der Waals surface area contributed by atoms with Crippen molar-refractivity contribution in [3.8, 4) is 0 Å². The first kappa shape index (κ1) is 22.8. The van der Waals surface area contributed by atoms with Gasteiger partial charge in [0.15, 0.2) is 11.0 Å². The summed E-state index contributed by atoms with van der Waals surface area (Å²) in [6.07, 6.45) is 0. The van der Waals surface area contributed by atoms with Gasteiger partial charge < -0.3 is 9.88 Å². The average Bonchev–Trinajstić information content (AvgIpc) is 3.10. The van der Waals surface area contributed by atoms with Crippen molar-refractivity contribution in [3.05, 3.63) is 70.5 Å². The first-order valence-corrected chi connectivity index (χ1v) is 11.0. The lowest BCUT2D eigenvalue weighted by Gasteiger charge is -2.10. The third-order valence-corrected chi connectivity index (χ3v) is 6.02. The summed E-state index contributed by atoms with van der Waals surface area (Å²) in [6, 6.07) is 15.5. The largest absolute Gasteiger partial charge is 0.378 e. The van der Waals surface area contributed by atoms with Gasteiger partial charge >= 0.3 is 0 Å². The van der Waals surface area contributed by atoms with E-state index in [1.165, 1.54) is 17.3 Å². The highest BCUT2D eigenvalue weighted by Crippen LogP contribution is 2.22. The number of hydrazone groups is 1. The Bertz CT molecular complexity index is 1080. The number of thioether (sulfide) groups is 1.